The van der Waals surface area contributed by atoms with Crippen LogP contribution in [0.1, 0.15) is 40.0 Å². The zero-order valence-corrected chi connectivity index (χ0v) is 10.7. The van der Waals surface area contributed by atoms with Gasteiger partial charge in [-0.2, -0.15) is 0 Å². The molecule has 96 valence electrons. The van der Waals surface area contributed by atoms with Gasteiger partial charge in [0.05, 0.1) is 12.1 Å². The van der Waals surface area contributed by atoms with Gasteiger partial charge in [-0.15, -0.1) is 0 Å². The van der Waals surface area contributed by atoms with Gasteiger partial charge in [0.1, 0.15) is 5.60 Å². The predicted molar refractivity (Wildman–Crippen MR) is 62.5 cm³/mol. The summed E-state index contributed by atoms with van der Waals surface area (Å²) in [6.07, 6.45) is 1.81. The summed E-state index contributed by atoms with van der Waals surface area (Å²) in [5, 5.41) is 2.94. The molecule has 2 amide bonds. The predicted octanol–water partition coefficient (Wildman–Crippen LogP) is 1.27. The van der Waals surface area contributed by atoms with Gasteiger partial charge in [-0.1, -0.05) is 0 Å². The first-order valence-electron chi connectivity index (χ1n) is 6.16. The second-order valence-corrected chi connectivity index (χ2v) is 5.74. The first kappa shape index (κ1) is 12.2. The summed E-state index contributed by atoms with van der Waals surface area (Å²) in [5.74, 6) is 0.0947. The minimum absolute atomic E-state index is 0.0947. The highest BCUT2D eigenvalue weighted by atomic mass is 16.6. The lowest BCUT2D eigenvalue weighted by Crippen LogP contribution is -2.51. The summed E-state index contributed by atoms with van der Waals surface area (Å²) in [6, 6.07) is 0.228. The first-order valence-corrected chi connectivity index (χ1v) is 6.16. The van der Waals surface area contributed by atoms with Gasteiger partial charge in [0.2, 0.25) is 5.91 Å². The van der Waals surface area contributed by atoms with Crippen molar-refractivity contribution in [3.05, 3.63) is 0 Å². The normalized spacial score (nSPS) is 28.6. The van der Waals surface area contributed by atoms with Crippen molar-refractivity contribution in [2.24, 2.45) is 0 Å². The molecule has 0 unspecified atom stereocenters. The van der Waals surface area contributed by atoms with Crippen LogP contribution in [-0.4, -0.2) is 41.1 Å². The molecule has 2 heterocycles. The second-order valence-electron chi connectivity index (χ2n) is 5.74. The Bertz CT molecular complexity index is 335. The molecular formula is C12H20N2O3. The van der Waals surface area contributed by atoms with Crippen LogP contribution in [0.4, 0.5) is 4.79 Å². The third kappa shape index (κ3) is 2.70. The standard InChI is InChI=1S/C12H20N2O3/c1-12(2,3)17-11(16)14-7-6-8-9(14)4-5-10(15)13-8/h8-9H,4-7H2,1-3H3,(H,13,15)/t8-,9-/m0/s1. The Kier molecular flexibility index (Phi) is 3.02. The molecule has 1 N–H and O–H groups in total. The van der Waals surface area contributed by atoms with Crippen molar-refractivity contribution in [3.63, 3.8) is 0 Å². The monoisotopic (exact) mass is 240 g/mol. The van der Waals surface area contributed by atoms with E-state index in [0.29, 0.717) is 13.0 Å². The average molecular weight is 240 g/mol. The third-order valence-electron chi connectivity index (χ3n) is 3.19. The Morgan fingerprint density at radius 1 is 1.41 bits per heavy atom. The number of amides is 2. The molecule has 0 radical (unpaired) electrons. The lowest BCUT2D eigenvalue weighted by atomic mass is 9.99. The molecule has 0 spiro atoms. The summed E-state index contributed by atoms with van der Waals surface area (Å²) in [6.45, 7) is 6.26. The van der Waals surface area contributed by atoms with E-state index < -0.39 is 5.60 Å². The van der Waals surface area contributed by atoms with E-state index in [1.165, 1.54) is 0 Å². The van der Waals surface area contributed by atoms with E-state index in [0.717, 1.165) is 12.8 Å². The van der Waals surface area contributed by atoms with Crippen LogP contribution in [0.5, 0.6) is 0 Å². The van der Waals surface area contributed by atoms with Crippen LogP contribution in [-0.2, 0) is 9.53 Å². The summed E-state index contributed by atoms with van der Waals surface area (Å²) >= 11 is 0. The van der Waals surface area contributed by atoms with E-state index >= 15 is 0 Å². The van der Waals surface area contributed by atoms with Gasteiger partial charge < -0.3 is 15.0 Å². The summed E-state index contributed by atoms with van der Waals surface area (Å²) in [5.41, 5.74) is -0.465. The number of nitrogens with one attached hydrogen (secondary N) is 1. The third-order valence-corrected chi connectivity index (χ3v) is 3.19. The first-order chi connectivity index (χ1) is 7.87. The Morgan fingerprint density at radius 2 is 2.12 bits per heavy atom. The van der Waals surface area contributed by atoms with Crippen molar-refractivity contribution < 1.29 is 14.3 Å². The van der Waals surface area contributed by atoms with Crippen LogP contribution >= 0.6 is 0 Å². The zero-order valence-electron chi connectivity index (χ0n) is 10.7. The average Bonchev–Trinajstić information content (AvgIpc) is 2.57. The number of carbonyl (C=O) groups excluding carboxylic acids is 2. The van der Waals surface area contributed by atoms with Crippen LogP contribution < -0.4 is 5.32 Å². The number of fused-ring (bicyclic) bond motifs is 1. The van der Waals surface area contributed by atoms with Crippen molar-refractivity contribution in [1.29, 1.82) is 0 Å². The maximum Gasteiger partial charge on any atom is 0.410 e. The Hall–Kier alpha value is -1.26. The van der Waals surface area contributed by atoms with Crippen LogP contribution in [0.3, 0.4) is 0 Å². The fourth-order valence-electron chi connectivity index (χ4n) is 2.48. The lowest BCUT2D eigenvalue weighted by Gasteiger charge is -2.33. The molecule has 17 heavy (non-hydrogen) atoms. The minimum Gasteiger partial charge on any atom is -0.444 e. The molecule has 2 aliphatic heterocycles. The molecule has 2 fully saturated rings. The molecular weight excluding hydrogens is 220 g/mol. The second kappa shape index (κ2) is 4.20. The van der Waals surface area contributed by atoms with E-state index in [4.69, 9.17) is 4.74 Å². The molecule has 5 heteroatoms. The highest BCUT2D eigenvalue weighted by Crippen LogP contribution is 2.27. The fraction of sp³-hybridized carbons (Fsp3) is 0.833. The van der Waals surface area contributed by atoms with E-state index in [2.05, 4.69) is 5.32 Å². The van der Waals surface area contributed by atoms with Crippen LogP contribution in [0.2, 0.25) is 0 Å². The van der Waals surface area contributed by atoms with Crippen molar-refractivity contribution in [1.82, 2.24) is 10.2 Å². The van der Waals surface area contributed by atoms with E-state index in [9.17, 15) is 9.59 Å². The van der Waals surface area contributed by atoms with Crippen LogP contribution in [0, 0.1) is 0 Å². The molecule has 2 saturated heterocycles. The smallest absolute Gasteiger partial charge is 0.410 e. The SMILES string of the molecule is CC(C)(C)OC(=O)N1CC[C@@H]2NC(=O)CC[C@@H]21. The van der Waals surface area contributed by atoms with E-state index in [1.807, 2.05) is 20.8 Å². The number of hydrogen-bond donors (Lipinski definition) is 1. The van der Waals surface area contributed by atoms with Crippen molar-refractivity contribution in [2.75, 3.05) is 6.54 Å². The summed E-state index contributed by atoms with van der Waals surface area (Å²) in [4.78, 5) is 25.0. The minimum atomic E-state index is -0.465. The van der Waals surface area contributed by atoms with Gasteiger partial charge in [0, 0.05) is 13.0 Å². The van der Waals surface area contributed by atoms with Gasteiger partial charge in [-0.25, -0.2) is 4.79 Å². The number of ether oxygens (including phenoxy) is 1. The molecule has 0 bridgehead atoms. The van der Waals surface area contributed by atoms with Gasteiger partial charge in [0.25, 0.3) is 0 Å². The highest BCUT2D eigenvalue weighted by Gasteiger charge is 2.41. The quantitative estimate of drug-likeness (QED) is 0.693. The Labute approximate surface area is 101 Å². The lowest BCUT2D eigenvalue weighted by molar-refractivity contribution is -0.124. The summed E-state index contributed by atoms with van der Waals surface area (Å²) < 4.78 is 5.37. The molecule has 5 nitrogen and oxygen atoms in total. The van der Waals surface area contributed by atoms with E-state index in [-0.39, 0.29) is 24.1 Å². The van der Waals surface area contributed by atoms with Crippen molar-refractivity contribution >= 4 is 12.0 Å². The molecule has 2 atom stereocenters. The van der Waals surface area contributed by atoms with Crippen molar-refractivity contribution in [3.8, 4) is 0 Å². The van der Waals surface area contributed by atoms with Crippen LogP contribution in [0.15, 0.2) is 0 Å². The van der Waals surface area contributed by atoms with Crippen molar-refractivity contribution in [2.45, 2.75) is 57.7 Å². The van der Waals surface area contributed by atoms with Gasteiger partial charge in [0.15, 0.2) is 0 Å². The highest BCUT2D eigenvalue weighted by molar-refractivity contribution is 5.78. The molecule has 0 aliphatic carbocycles. The molecule has 0 aromatic rings. The van der Waals surface area contributed by atoms with Gasteiger partial charge in [-0.05, 0) is 33.6 Å². The maximum atomic E-state index is 12.0. The van der Waals surface area contributed by atoms with Gasteiger partial charge >= 0.3 is 6.09 Å². The fourth-order valence-corrected chi connectivity index (χ4v) is 2.48. The number of likely N-dealkylation sites (tertiary alicyclic amines) is 1. The number of rotatable bonds is 0. The Morgan fingerprint density at radius 3 is 2.76 bits per heavy atom. The number of piperidine rings is 1. The maximum absolute atomic E-state index is 12.0. The topological polar surface area (TPSA) is 58.6 Å². The van der Waals surface area contributed by atoms with Crippen LogP contribution in [0.25, 0.3) is 0 Å². The number of carbonyl (C=O) groups is 2. The molecule has 0 aromatic heterocycles. The zero-order chi connectivity index (χ0) is 12.6. The van der Waals surface area contributed by atoms with E-state index in [1.54, 1.807) is 4.90 Å². The molecule has 0 saturated carbocycles. The molecule has 2 aliphatic rings. The molecule has 2 rings (SSSR count). The number of hydrogen-bond acceptors (Lipinski definition) is 3. The largest absolute Gasteiger partial charge is 0.444 e. The summed E-state index contributed by atoms with van der Waals surface area (Å²) in [7, 11) is 0. The Balaban J connectivity index is 1.99. The molecule has 0 aromatic carbocycles. The van der Waals surface area contributed by atoms with Gasteiger partial charge in [-0.3, -0.25) is 4.79 Å². The number of nitrogens with zero attached hydrogens (tertiary/aromatic N) is 1.